The normalized spacial score (nSPS) is 12.7. The summed E-state index contributed by atoms with van der Waals surface area (Å²) in [6.07, 6.45) is 5.66. The molecular weight excluding hydrogens is 524 g/mol. The molecule has 4 aromatic rings. The molecule has 1 atom stereocenters. The standard InChI is InChI=1S/C29H27F2N3O6/c1-37-26-12-19(13-27(38-2)28(26)39-3)4-11-25(35)20-5-8-22(9-6-20)40-16-29(36,15-34-18-32-17-33-34)23-10-7-21(30)14-24(23)31/h4-14,17-18,36H,15-16H2,1-3H3/b11-4+. The minimum absolute atomic E-state index is 0.159. The first kappa shape index (κ1) is 28.2. The maximum absolute atomic E-state index is 14.6. The van der Waals surface area contributed by atoms with Crippen molar-refractivity contribution >= 4 is 11.9 Å². The van der Waals surface area contributed by atoms with Crippen LogP contribution in [-0.4, -0.2) is 53.6 Å². The second kappa shape index (κ2) is 12.4. The zero-order valence-electron chi connectivity index (χ0n) is 22.0. The lowest BCUT2D eigenvalue weighted by atomic mass is 9.94. The zero-order valence-corrected chi connectivity index (χ0v) is 22.0. The third-order valence-electron chi connectivity index (χ3n) is 6.05. The molecule has 1 N–H and O–H groups in total. The topological polar surface area (TPSA) is 105 Å². The predicted octanol–water partition coefficient (Wildman–Crippen LogP) is 4.45. The number of hydrogen-bond donors (Lipinski definition) is 1. The minimum atomic E-state index is -1.90. The summed E-state index contributed by atoms with van der Waals surface area (Å²) in [4.78, 5) is 16.6. The van der Waals surface area contributed by atoms with E-state index in [0.29, 0.717) is 40.2 Å². The molecule has 0 spiro atoms. The first-order valence-corrected chi connectivity index (χ1v) is 12.0. The highest BCUT2D eigenvalue weighted by Crippen LogP contribution is 2.38. The van der Waals surface area contributed by atoms with Gasteiger partial charge < -0.3 is 24.1 Å². The van der Waals surface area contributed by atoms with E-state index in [1.807, 2.05) is 0 Å². The van der Waals surface area contributed by atoms with Crippen LogP contribution >= 0.6 is 0 Å². The van der Waals surface area contributed by atoms with Crippen molar-refractivity contribution in [2.45, 2.75) is 12.1 Å². The van der Waals surface area contributed by atoms with Crippen LogP contribution < -0.4 is 18.9 Å². The summed E-state index contributed by atoms with van der Waals surface area (Å²) in [6.45, 7) is -0.582. The van der Waals surface area contributed by atoms with Gasteiger partial charge in [0.25, 0.3) is 0 Å². The third-order valence-corrected chi connectivity index (χ3v) is 6.05. The Bertz CT molecular complexity index is 1470. The molecular formula is C29H27F2N3O6. The highest BCUT2D eigenvalue weighted by atomic mass is 19.1. The summed E-state index contributed by atoms with van der Waals surface area (Å²) in [5.74, 6) is -0.282. The Morgan fingerprint density at radius 1 is 1.00 bits per heavy atom. The number of nitrogens with zero attached hydrogens (tertiary/aromatic N) is 3. The molecule has 0 bridgehead atoms. The van der Waals surface area contributed by atoms with Gasteiger partial charge in [-0.2, -0.15) is 5.10 Å². The van der Waals surface area contributed by atoms with Gasteiger partial charge in [0.1, 0.15) is 42.2 Å². The molecule has 0 saturated carbocycles. The van der Waals surface area contributed by atoms with Crippen LogP contribution in [0.1, 0.15) is 21.5 Å². The number of halogens is 2. The summed E-state index contributed by atoms with van der Waals surface area (Å²) in [5.41, 5.74) is -1.00. The molecule has 0 saturated heterocycles. The Balaban J connectivity index is 1.48. The quantitative estimate of drug-likeness (QED) is 0.204. The van der Waals surface area contributed by atoms with Crippen molar-refractivity contribution in [2.75, 3.05) is 27.9 Å². The summed E-state index contributed by atoms with van der Waals surface area (Å²) in [7, 11) is 4.52. The van der Waals surface area contributed by atoms with E-state index < -0.39 is 17.2 Å². The maximum atomic E-state index is 14.6. The summed E-state index contributed by atoms with van der Waals surface area (Å²) in [5, 5.41) is 15.3. The van der Waals surface area contributed by atoms with E-state index in [-0.39, 0.29) is 24.5 Å². The number of aliphatic hydroxyl groups is 1. The van der Waals surface area contributed by atoms with Gasteiger partial charge in [-0.25, -0.2) is 18.4 Å². The fraction of sp³-hybridized carbons (Fsp3) is 0.207. The van der Waals surface area contributed by atoms with E-state index in [1.54, 1.807) is 42.5 Å². The highest BCUT2D eigenvalue weighted by Gasteiger charge is 2.34. The fourth-order valence-electron chi connectivity index (χ4n) is 4.04. The predicted molar refractivity (Wildman–Crippen MR) is 142 cm³/mol. The second-order valence-corrected chi connectivity index (χ2v) is 8.72. The van der Waals surface area contributed by atoms with Crippen LogP contribution in [0.25, 0.3) is 6.08 Å². The number of benzene rings is 3. The molecule has 0 radical (unpaired) electrons. The molecule has 208 valence electrons. The number of methoxy groups -OCH3 is 3. The number of allylic oxidation sites excluding steroid dienone is 1. The number of ketones is 1. The lowest BCUT2D eigenvalue weighted by molar-refractivity contribution is -0.0297. The number of aromatic nitrogens is 3. The number of rotatable bonds is 12. The van der Waals surface area contributed by atoms with E-state index in [2.05, 4.69) is 10.1 Å². The Morgan fingerprint density at radius 2 is 1.70 bits per heavy atom. The van der Waals surface area contributed by atoms with E-state index >= 15 is 0 Å². The third kappa shape index (κ3) is 6.44. The van der Waals surface area contributed by atoms with Crippen molar-refractivity contribution in [3.63, 3.8) is 0 Å². The molecule has 1 aromatic heterocycles. The Kier molecular flexibility index (Phi) is 8.75. The number of ether oxygens (including phenoxy) is 4. The van der Waals surface area contributed by atoms with Gasteiger partial charge in [-0.15, -0.1) is 0 Å². The molecule has 3 aromatic carbocycles. The molecule has 1 unspecified atom stereocenters. The maximum Gasteiger partial charge on any atom is 0.203 e. The van der Waals surface area contributed by atoms with Gasteiger partial charge in [0.2, 0.25) is 5.75 Å². The van der Waals surface area contributed by atoms with E-state index in [4.69, 9.17) is 18.9 Å². The van der Waals surface area contributed by atoms with Crippen molar-refractivity contribution in [2.24, 2.45) is 0 Å². The van der Waals surface area contributed by atoms with Crippen molar-refractivity contribution in [3.05, 3.63) is 102 Å². The van der Waals surface area contributed by atoms with Crippen LogP contribution in [0.15, 0.2) is 73.3 Å². The van der Waals surface area contributed by atoms with Gasteiger partial charge in [-0.3, -0.25) is 4.79 Å². The molecule has 0 aliphatic carbocycles. The Labute approximate surface area is 229 Å². The van der Waals surface area contributed by atoms with Gasteiger partial charge in [-0.1, -0.05) is 12.1 Å². The van der Waals surface area contributed by atoms with Crippen molar-refractivity contribution in [3.8, 4) is 23.0 Å². The Morgan fingerprint density at radius 3 is 2.27 bits per heavy atom. The average Bonchev–Trinajstić information content (AvgIpc) is 3.47. The minimum Gasteiger partial charge on any atom is -0.493 e. The SMILES string of the molecule is COc1cc(/C=C/C(=O)c2ccc(OCC(O)(Cn3cncn3)c3ccc(F)cc3F)cc2)cc(OC)c1OC. The molecule has 0 fully saturated rings. The molecule has 11 heteroatoms. The summed E-state index contributed by atoms with van der Waals surface area (Å²) in [6, 6.07) is 12.6. The molecule has 9 nitrogen and oxygen atoms in total. The van der Waals surface area contributed by atoms with Crippen molar-refractivity contribution < 1.29 is 37.6 Å². The lowest BCUT2D eigenvalue weighted by Crippen LogP contribution is -2.39. The molecule has 1 heterocycles. The van der Waals surface area contributed by atoms with Gasteiger partial charge in [0, 0.05) is 17.2 Å². The Hall–Kier alpha value is -4.77. The largest absolute Gasteiger partial charge is 0.493 e. The van der Waals surface area contributed by atoms with Crippen molar-refractivity contribution in [1.29, 1.82) is 0 Å². The highest BCUT2D eigenvalue weighted by molar-refractivity contribution is 6.06. The number of carbonyl (C=O) groups is 1. The first-order chi connectivity index (χ1) is 19.3. The monoisotopic (exact) mass is 551 g/mol. The molecule has 0 aliphatic heterocycles. The number of hydrogen-bond acceptors (Lipinski definition) is 8. The van der Waals surface area contributed by atoms with Gasteiger partial charge in [0.05, 0.1) is 27.9 Å². The molecule has 0 aliphatic rings. The van der Waals surface area contributed by atoms with Crippen molar-refractivity contribution in [1.82, 2.24) is 14.8 Å². The molecule has 0 amide bonds. The van der Waals surface area contributed by atoms with E-state index in [1.165, 1.54) is 44.7 Å². The van der Waals surface area contributed by atoms with Crippen LogP contribution in [0.5, 0.6) is 23.0 Å². The zero-order chi connectivity index (χ0) is 28.7. The summed E-state index contributed by atoms with van der Waals surface area (Å²) >= 11 is 0. The van der Waals surface area contributed by atoms with Crippen LogP contribution in [0.4, 0.5) is 8.78 Å². The van der Waals surface area contributed by atoms with Gasteiger partial charge in [0.15, 0.2) is 17.3 Å². The fourth-order valence-corrected chi connectivity index (χ4v) is 4.04. The van der Waals surface area contributed by atoms with Crippen LogP contribution in [-0.2, 0) is 12.1 Å². The molecule has 40 heavy (non-hydrogen) atoms. The van der Waals surface area contributed by atoms with Crippen LogP contribution in [0, 0.1) is 11.6 Å². The second-order valence-electron chi connectivity index (χ2n) is 8.72. The van der Waals surface area contributed by atoms with E-state index in [9.17, 15) is 18.7 Å². The smallest absolute Gasteiger partial charge is 0.203 e. The summed E-state index contributed by atoms with van der Waals surface area (Å²) < 4.78 is 51.1. The first-order valence-electron chi connectivity index (χ1n) is 12.0. The van der Waals surface area contributed by atoms with Crippen LogP contribution in [0.2, 0.25) is 0 Å². The van der Waals surface area contributed by atoms with Crippen LogP contribution in [0.3, 0.4) is 0 Å². The van der Waals surface area contributed by atoms with E-state index in [0.717, 1.165) is 12.1 Å². The lowest BCUT2D eigenvalue weighted by Gasteiger charge is -2.29. The average molecular weight is 552 g/mol. The van der Waals surface area contributed by atoms with Gasteiger partial charge >= 0.3 is 0 Å². The molecule has 4 rings (SSSR count). The van der Waals surface area contributed by atoms with Gasteiger partial charge in [-0.05, 0) is 54.1 Å². The number of carbonyl (C=O) groups excluding carboxylic acids is 1.